The van der Waals surface area contributed by atoms with Crippen molar-refractivity contribution in [1.82, 2.24) is 15.5 Å². The van der Waals surface area contributed by atoms with Gasteiger partial charge in [-0.15, -0.1) is 24.8 Å². The number of carbonyl (C=O) groups is 1. The van der Waals surface area contributed by atoms with Crippen LogP contribution in [-0.2, 0) is 9.53 Å². The fourth-order valence-electron chi connectivity index (χ4n) is 4.45. The molecule has 2 fully saturated rings. The van der Waals surface area contributed by atoms with Crippen molar-refractivity contribution in [1.29, 1.82) is 0 Å². The van der Waals surface area contributed by atoms with Gasteiger partial charge in [-0.05, 0) is 43.7 Å². The highest BCUT2D eigenvalue weighted by atomic mass is 35.5. The van der Waals surface area contributed by atoms with Crippen molar-refractivity contribution in [3.63, 3.8) is 0 Å². The van der Waals surface area contributed by atoms with Gasteiger partial charge in [-0.2, -0.15) is 0 Å². The smallest absolute Gasteiger partial charge is 0.220 e. The van der Waals surface area contributed by atoms with Gasteiger partial charge in [0.05, 0.1) is 13.2 Å². The van der Waals surface area contributed by atoms with Crippen LogP contribution in [0.1, 0.15) is 52.9 Å². The molecule has 2 rings (SSSR count). The molecule has 1 amide bonds. The molecule has 27 heavy (non-hydrogen) atoms. The molecule has 2 saturated heterocycles. The molecule has 2 N–H and O–H groups in total. The largest absolute Gasteiger partial charge is 0.379 e. The molecule has 0 saturated carbocycles. The Balaban J connectivity index is 0.00000338. The number of morpholine rings is 1. The normalized spacial score (nSPS) is 23.0. The molecule has 0 aromatic heterocycles. The van der Waals surface area contributed by atoms with Gasteiger partial charge in [0, 0.05) is 32.1 Å². The minimum atomic E-state index is 0. The second-order valence-corrected chi connectivity index (χ2v) is 7.88. The van der Waals surface area contributed by atoms with E-state index in [-0.39, 0.29) is 30.7 Å². The van der Waals surface area contributed by atoms with Crippen LogP contribution >= 0.6 is 24.8 Å². The van der Waals surface area contributed by atoms with Crippen LogP contribution in [-0.4, -0.2) is 62.8 Å². The molecule has 0 bridgehead atoms. The Morgan fingerprint density at radius 3 is 2.44 bits per heavy atom. The molecular weight excluding hydrogens is 385 g/mol. The first-order chi connectivity index (χ1) is 12.2. The van der Waals surface area contributed by atoms with Crippen molar-refractivity contribution in [3.05, 3.63) is 0 Å². The first-order valence-electron chi connectivity index (χ1n) is 10.4. The van der Waals surface area contributed by atoms with Crippen LogP contribution in [0.25, 0.3) is 0 Å². The first-order valence-corrected chi connectivity index (χ1v) is 10.4. The zero-order chi connectivity index (χ0) is 18.1. The molecule has 2 aliphatic heterocycles. The van der Waals surface area contributed by atoms with Gasteiger partial charge < -0.3 is 15.4 Å². The number of piperidine rings is 1. The molecule has 0 aromatic rings. The lowest BCUT2D eigenvalue weighted by Crippen LogP contribution is -2.52. The highest BCUT2D eigenvalue weighted by molar-refractivity contribution is 5.85. The van der Waals surface area contributed by atoms with Crippen LogP contribution in [0.15, 0.2) is 0 Å². The van der Waals surface area contributed by atoms with Crippen LogP contribution in [0.3, 0.4) is 0 Å². The third-order valence-electron chi connectivity index (χ3n) is 6.26. The molecule has 0 radical (unpaired) electrons. The number of hydrogen-bond donors (Lipinski definition) is 2. The molecule has 0 aromatic carbocycles. The van der Waals surface area contributed by atoms with Crippen molar-refractivity contribution in [3.8, 4) is 0 Å². The highest BCUT2D eigenvalue weighted by Gasteiger charge is 2.28. The summed E-state index contributed by atoms with van der Waals surface area (Å²) in [6.07, 6.45) is 5.48. The number of carbonyl (C=O) groups excluding carboxylic acids is 1. The number of nitrogens with zero attached hydrogens (tertiary/aromatic N) is 1. The Bertz CT molecular complexity index is 385. The lowest BCUT2D eigenvalue weighted by molar-refractivity contribution is -0.122. The molecule has 162 valence electrons. The summed E-state index contributed by atoms with van der Waals surface area (Å²) in [6.45, 7) is 13.3. The zero-order valence-electron chi connectivity index (χ0n) is 17.4. The Hall–Kier alpha value is -0.0700. The number of halogens is 2. The van der Waals surface area contributed by atoms with Crippen molar-refractivity contribution < 1.29 is 9.53 Å². The number of rotatable bonds is 9. The summed E-state index contributed by atoms with van der Waals surface area (Å²) in [5.74, 6) is 1.97. The van der Waals surface area contributed by atoms with Crippen LogP contribution < -0.4 is 10.6 Å². The summed E-state index contributed by atoms with van der Waals surface area (Å²) in [6, 6.07) is 0.439. The highest BCUT2D eigenvalue weighted by Crippen LogP contribution is 2.23. The van der Waals surface area contributed by atoms with E-state index in [0.717, 1.165) is 45.9 Å². The number of amides is 1. The zero-order valence-corrected chi connectivity index (χ0v) is 19.0. The average Bonchev–Trinajstić information content (AvgIpc) is 2.66. The lowest BCUT2D eigenvalue weighted by atomic mass is 9.85. The predicted octanol–water partition coefficient (Wildman–Crippen LogP) is 3.11. The van der Waals surface area contributed by atoms with Crippen LogP contribution in [0.5, 0.6) is 0 Å². The standard InChI is InChI=1S/C20H39N3O2.2ClH/c1-4-17(5-2)19(23-9-11-25-12-10-23)15-22-20(24)13-16(3)18-7-6-8-21-14-18;;/h16-19,21H,4-15H2,1-3H3,(H,22,24);2*1H. The Morgan fingerprint density at radius 1 is 1.22 bits per heavy atom. The maximum atomic E-state index is 12.5. The molecule has 3 unspecified atom stereocenters. The Labute approximate surface area is 178 Å². The van der Waals surface area contributed by atoms with Gasteiger partial charge in [-0.3, -0.25) is 9.69 Å². The van der Waals surface area contributed by atoms with Gasteiger partial charge in [-0.25, -0.2) is 0 Å². The monoisotopic (exact) mass is 425 g/mol. The maximum Gasteiger partial charge on any atom is 0.220 e. The Kier molecular flexibility index (Phi) is 14.8. The third-order valence-corrected chi connectivity index (χ3v) is 6.26. The van der Waals surface area contributed by atoms with Crippen molar-refractivity contribution >= 4 is 30.7 Å². The first kappa shape index (κ1) is 26.9. The third kappa shape index (κ3) is 8.86. The van der Waals surface area contributed by atoms with Gasteiger partial charge in [-0.1, -0.05) is 33.6 Å². The van der Waals surface area contributed by atoms with Crippen molar-refractivity contribution in [2.75, 3.05) is 45.9 Å². The van der Waals surface area contributed by atoms with Gasteiger partial charge in [0.2, 0.25) is 5.91 Å². The molecule has 2 aliphatic rings. The van der Waals surface area contributed by atoms with Crippen LogP contribution in [0, 0.1) is 17.8 Å². The van der Waals surface area contributed by atoms with Crippen LogP contribution in [0.4, 0.5) is 0 Å². The molecule has 0 aliphatic carbocycles. The van der Waals surface area contributed by atoms with E-state index in [4.69, 9.17) is 4.74 Å². The second-order valence-electron chi connectivity index (χ2n) is 7.88. The van der Waals surface area contributed by atoms with E-state index >= 15 is 0 Å². The van der Waals surface area contributed by atoms with E-state index in [1.165, 1.54) is 25.7 Å². The van der Waals surface area contributed by atoms with E-state index in [1.807, 2.05) is 0 Å². The van der Waals surface area contributed by atoms with Gasteiger partial charge in [0.1, 0.15) is 0 Å². The molecule has 5 nitrogen and oxygen atoms in total. The quantitative estimate of drug-likeness (QED) is 0.595. The van der Waals surface area contributed by atoms with Gasteiger partial charge in [0.25, 0.3) is 0 Å². The summed E-state index contributed by atoms with van der Waals surface area (Å²) >= 11 is 0. The second kappa shape index (κ2) is 14.9. The summed E-state index contributed by atoms with van der Waals surface area (Å²) < 4.78 is 5.51. The summed E-state index contributed by atoms with van der Waals surface area (Å²) in [5.41, 5.74) is 0. The minimum absolute atomic E-state index is 0. The average molecular weight is 426 g/mol. The minimum Gasteiger partial charge on any atom is -0.379 e. The van der Waals surface area contributed by atoms with E-state index in [1.54, 1.807) is 0 Å². The predicted molar refractivity (Wildman–Crippen MR) is 117 cm³/mol. The molecule has 2 heterocycles. The van der Waals surface area contributed by atoms with E-state index in [9.17, 15) is 4.79 Å². The molecule has 7 heteroatoms. The van der Waals surface area contributed by atoms with E-state index in [2.05, 4.69) is 36.3 Å². The van der Waals surface area contributed by atoms with E-state index < -0.39 is 0 Å². The van der Waals surface area contributed by atoms with Gasteiger partial charge >= 0.3 is 0 Å². The SMILES string of the molecule is CCC(CC)C(CNC(=O)CC(C)C1CCCNC1)N1CCOCC1.Cl.Cl. The number of hydrogen-bond acceptors (Lipinski definition) is 4. The lowest BCUT2D eigenvalue weighted by Gasteiger charge is -2.39. The number of ether oxygens (including phenoxy) is 1. The summed E-state index contributed by atoms with van der Waals surface area (Å²) in [4.78, 5) is 15.0. The van der Waals surface area contributed by atoms with E-state index in [0.29, 0.717) is 30.2 Å². The van der Waals surface area contributed by atoms with Crippen molar-refractivity contribution in [2.24, 2.45) is 17.8 Å². The Morgan fingerprint density at radius 2 is 1.89 bits per heavy atom. The molecular formula is C20H41Cl2N3O2. The summed E-state index contributed by atoms with van der Waals surface area (Å²) in [5, 5.41) is 6.72. The van der Waals surface area contributed by atoms with Crippen molar-refractivity contribution in [2.45, 2.75) is 58.9 Å². The molecule has 3 atom stereocenters. The summed E-state index contributed by atoms with van der Waals surface area (Å²) in [7, 11) is 0. The molecule has 0 spiro atoms. The van der Waals surface area contributed by atoms with Crippen LogP contribution in [0.2, 0.25) is 0 Å². The number of nitrogens with one attached hydrogen (secondary N) is 2. The van der Waals surface area contributed by atoms with Gasteiger partial charge in [0.15, 0.2) is 0 Å². The maximum absolute atomic E-state index is 12.5. The fraction of sp³-hybridized carbons (Fsp3) is 0.950. The topological polar surface area (TPSA) is 53.6 Å². The fourth-order valence-corrected chi connectivity index (χ4v) is 4.45.